The van der Waals surface area contributed by atoms with Crippen LogP contribution in [0.15, 0.2) is 66.7 Å². The number of halogens is 1. The molecule has 3 aromatic carbocycles. The lowest BCUT2D eigenvalue weighted by Crippen LogP contribution is -2.39. The van der Waals surface area contributed by atoms with Crippen molar-refractivity contribution in [3.05, 3.63) is 88.4 Å². The lowest BCUT2D eigenvalue weighted by atomic mass is 9.81. The fourth-order valence-corrected chi connectivity index (χ4v) is 5.15. The molecule has 3 aliphatic heterocycles. The Balaban J connectivity index is 1.41. The molecule has 3 aliphatic rings. The van der Waals surface area contributed by atoms with Gasteiger partial charge in [-0.1, -0.05) is 54.1 Å². The minimum Gasteiger partial charge on any atom is -0.486 e. The van der Waals surface area contributed by atoms with Crippen LogP contribution in [0.2, 0.25) is 5.02 Å². The van der Waals surface area contributed by atoms with E-state index in [0.717, 1.165) is 29.6 Å². The normalized spacial score (nSPS) is 23.9. The van der Waals surface area contributed by atoms with E-state index in [-0.39, 0.29) is 12.1 Å². The Kier molecular flexibility index (Phi) is 4.75. The van der Waals surface area contributed by atoms with Gasteiger partial charge >= 0.3 is 0 Å². The highest BCUT2D eigenvalue weighted by atomic mass is 35.5. The third-order valence-electron chi connectivity index (χ3n) is 6.49. The molecule has 0 radical (unpaired) electrons. The summed E-state index contributed by atoms with van der Waals surface area (Å²) in [5.41, 5.74) is 12.1. The van der Waals surface area contributed by atoms with Gasteiger partial charge in [0.25, 0.3) is 0 Å². The third kappa shape index (κ3) is 3.43. The van der Waals surface area contributed by atoms with Gasteiger partial charge in [0.2, 0.25) is 0 Å². The number of hydrazine groups is 1. The molecule has 1 saturated heterocycles. The zero-order chi connectivity index (χ0) is 20.8. The third-order valence-corrected chi connectivity index (χ3v) is 6.75. The number of benzene rings is 3. The van der Waals surface area contributed by atoms with Crippen molar-refractivity contribution >= 4 is 17.3 Å². The van der Waals surface area contributed by atoms with Crippen LogP contribution in [0.3, 0.4) is 0 Å². The van der Waals surface area contributed by atoms with Crippen molar-refractivity contribution in [3.8, 4) is 11.5 Å². The van der Waals surface area contributed by atoms with Crippen molar-refractivity contribution in [1.29, 1.82) is 0 Å². The molecule has 0 aliphatic carbocycles. The Hall–Kier alpha value is -2.73. The van der Waals surface area contributed by atoms with Crippen molar-refractivity contribution in [2.45, 2.75) is 18.6 Å². The van der Waals surface area contributed by atoms with Crippen LogP contribution in [0.4, 0.5) is 5.69 Å². The monoisotopic (exact) mass is 433 g/mol. The van der Waals surface area contributed by atoms with Crippen molar-refractivity contribution < 1.29 is 9.47 Å². The highest BCUT2D eigenvalue weighted by Gasteiger charge is 2.44. The molecule has 31 heavy (non-hydrogen) atoms. The maximum absolute atomic E-state index is 6.11. The highest BCUT2D eigenvalue weighted by molar-refractivity contribution is 6.30. The van der Waals surface area contributed by atoms with E-state index in [9.17, 15) is 0 Å². The van der Waals surface area contributed by atoms with E-state index >= 15 is 0 Å². The first-order valence-electron chi connectivity index (χ1n) is 10.8. The second kappa shape index (κ2) is 7.75. The maximum Gasteiger partial charge on any atom is 0.163 e. The summed E-state index contributed by atoms with van der Waals surface area (Å²) < 4.78 is 11.8. The molecular formula is C25H24ClN3O2. The molecule has 3 heterocycles. The molecule has 5 nitrogen and oxygen atoms in total. The van der Waals surface area contributed by atoms with Crippen LogP contribution in [0.25, 0.3) is 0 Å². The molecule has 0 aromatic heterocycles. The van der Waals surface area contributed by atoms with E-state index in [0.29, 0.717) is 19.1 Å². The molecular weight excluding hydrogens is 410 g/mol. The molecule has 3 unspecified atom stereocenters. The summed E-state index contributed by atoms with van der Waals surface area (Å²) >= 11 is 6.11. The number of ether oxygens (including phenoxy) is 2. The van der Waals surface area contributed by atoms with Gasteiger partial charge in [-0.2, -0.15) is 0 Å². The van der Waals surface area contributed by atoms with Gasteiger partial charge in [0, 0.05) is 35.8 Å². The predicted molar refractivity (Wildman–Crippen MR) is 122 cm³/mol. The number of hydrogen-bond acceptors (Lipinski definition) is 5. The number of nitrogens with one attached hydrogen (secondary N) is 2. The van der Waals surface area contributed by atoms with Gasteiger partial charge in [-0.05, 0) is 34.9 Å². The first-order chi connectivity index (χ1) is 15.3. The number of rotatable bonds is 3. The predicted octanol–water partition coefficient (Wildman–Crippen LogP) is 4.64. The number of anilines is 1. The fraction of sp³-hybridized carbons (Fsp3) is 0.280. The van der Waals surface area contributed by atoms with Crippen LogP contribution in [-0.2, 0) is 6.54 Å². The number of hydrogen-bond donors (Lipinski definition) is 2. The lowest BCUT2D eigenvalue weighted by molar-refractivity contribution is 0.171. The Labute approximate surface area is 186 Å². The summed E-state index contributed by atoms with van der Waals surface area (Å²) in [6, 6.07) is 23.5. The minimum atomic E-state index is 0.206. The van der Waals surface area contributed by atoms with Crippen LogP contribution >= 0.6 is 11.6 Å². The van der Waals surface area contributed by atoms with E-state index in [2.05, 4.69) is 70.3 Å². The van der Waals surface area contributed by atoms with Crippen molar-refractivity contribution in [3.63, 3.8) is 0 Å². The average Bonchev–Trinajstić information content (AvgIpc) is 3.24. The minimum absolute atomic E-state index is 0.206. The molecule has 1 fully saturated rings. The van der Waals surface area contributed by atoms with Gasteiger partial charge in [-0.3, -0.25) is 0 Å². The van der Waals surface area contributed by atoms with Crippen molar-refractivity contribution in [2.24, 2.45) is 5.92 Å². The molecule has 6 rings (SSSR count). The van der Waals surface area contributed by atoms with Gasteiger partial charge in [-0.15, -0.1) is 0 Å². The van der Waals surface area contributed by atoms with Crippen LogP contribution < -0.4 is 25.2 Å². The summed E-state index contributed by atoms with van der Waals surface area (Å²) in [7, 11) is 0. The molecule has 158 valence electrons. The van der Waals surface area contributed by atoms with E-state index in [1.54, 1.807) is 0 Å². The lowest BCUT2D eigenvalue weighted by Gasteiger charge is -2.40. The SMILES string of the molecule is Clc1ccc(CN2CC3C(c4ccccc4)NNC3c3cc4c(cc32)OCCO4)cc1. The van der Waals surface area contributed by atoms with Crippen LogP contribution in [0, 0.1) is 5.92 Å². The van der Waals surface area contributed by atoms with Gasteiger partial charge in [-0.25, -0.2) is 10.9 Å². The molecule has 2 N–H and O–H groups in total. The Bertz CT molecular complexity index is 1090. The molecule has 0 amide bonds. The van der Waals surface area contributed by atoms with Crippen molar-refractivity contribution in [2.75, 3.05) is 24.7 Å². The molecule has 3 aromatic rings. The Morgan fingerprint density at radius 1 is 0.871 bits per heavy atom. The summed E-state index contributed by atoms with van der Waals surface area (Å²) in [4.78, 5) is 2.46. The first kappa shape index (κ1) is 19.0. The van der Waals surface area contributed by atoms with Crippen LogP contribution in [-0.4, -0.2) is 19.8 Å². The van der Waals surface area contributed by atoms with Gasteiger partial charge in [0.05, 0.1) is 12.1 Å². The number of nitrogens with zero attached hydrogens (tertiary/aromatic N) is 1. The molecule has 0 bridgehead atoms. The summed E-state index contributed by atoms with van der Waals surface area (Å²) in [5, 5.41) is 0.760. The maximum atomic E-state index is 6.11. The summed E-state index contributed by atoms with van der Waals surface area (Å²) in [6.45, 7) is 2.92. The van der Waals surface area contributed by atoms with Gasteiger partial charge in [0.1, 0.15) is 13.2 Å². The zero-order valence-corrected chi connectivity index (χ0v) is 17.8. The highest BCUT2D eigenvalue weighted by Crippen LogP contribution is 2.49. The summed E-state index contributed by atoms with van der Waals surface area (Å²) in [5.74, 6) is 2.04. The van der Waals surface area contributed by atoms with E-state index in [1.807, 2.05) is 12.1 Å². The van der Waals surface area contributed by atoms with E-state index in [4.69, 9.17) is 21.1 Å². The fourth-order valence-electron chi connectivity index (χ4n) is 5.03. The topological polar surface area (TPSA) is 45.8 Å². The van der Waals surface area contributed by atoms with E-state index < -0.39 is 0 Å². The standard InChI is InChI=1S/C25H24ClN3O2/c26-18-8-6-16(7-9-18)14-29-15-20-24(17-4-2-1-3-5-17)27-28-25(20)19-12-22-23(13-21(19)29)31-11-10-30-22/h1-9,12-13,20,24-25,27-28H,10-11,14-15H2. The molecule has 0 saturated carbocycles. The molecule has 3 atom stereocenters. The van der Waals surface area contributed by atoms with Crippen molar-refractivity contribution in [1.82, 2.24) is 10.9 Å². The van der Waals surface area contributed by atoms with Crippen LogP contribution in [0.1, 0.15) is 28.8 Å². The second-order valence-corrected chi connectivity index (χ2v) is 8.82. The quantitative estimate of drug-likeness (QED) is 0.630. The smallest absolute Gasteiger partial charge is 0.163 e. The summed E-state index contributed by atoms with van der Waals surface area (Å²) in [6.07, 6.45) is 0. The van der Waals surface area contributed by atoms with Gasteiger partial charge < -0.3 is 14.4 Å². The van der Waals surface area contributed by atoms with Gasteiger partial charge in [0.15, 0.2) is 11.5 Å². The van der Waals surface area contributed by atoms with E-state index in [1.165, 1.54) is 22.4 Å². The molecule has 0 spiro atoms. The average molecular weight is 434 g/mol. The Morgan fingerprint density at radius 2 is 1.58 bits per heavy atom. The first-order valence-corrected chi connectivity index (χ1v) is 11.1. The second-order valence-electron chi connectivity index (χ2n) is 8.38. The largest absolute Gasteiger partial charge is 0.486 e. The zero-order valence-electron chi connectivity index (χ0n) is 17.1. The number of fused-ring (bicyclic) bond motifs is 4. The molecule has 6 heteroatoms. The Morgan fingerprint density at radius 3 is 2.35 bits per heavy atom. The van der Waals surface area contributed by atoms with Crippen LogP contribution in [0.5, 0.6) is 11.5 Å².